The van der Waals surface area contributed by atoms with Gasteiger partial charge in [-0.15, -0.1) is 24.0 Å². The molecule has 0 saturated heterocycles. The Labute approximate surface area is 125 Å². The second-order valence-electron chi connectivity index (χ2n) is 5.15. The van der Waals surface area contributed by atoms with Crippen LogP contribution in [0.25, 0.3) is 10.9 Å². The van der Waals surface area contributed by atoms with Gasteiger partial charge in [-0.3, -0.25) is 0 Å². The average Bonchev–Trinajstić information content (AvgIpc) is 2.75. The van der Waals surface area contributed by atoms with E-state index in [1.807, 2.05) is 0 Å². The maximum Gasteiger partial charge on any atom is 0.0476 e. The Balaban J connectivity index is 0.00000133. The molecule has 0 aliphatic heterocycles. The van der Waals surface area contributed by atoms with E-state index in [9.17, 15) is 0 Å². The number of aromatic nitrogens is 1. The lowest BCUT2D eigenvalue weighted by Gasteiger charge is -2.23. The van der Waals surface area contributed by atoms with Crippen molar-refractivity contribution in [3.05, 3.63) is 35.0 Å². The number of benzene rings is 1. The number of nitrogens with one attached hydrogen (secondary N) is 2. The summed E-state index contributed by atoms with van der Waals surface area (Å²) < 4.78 is 0. The molecular weight excluding hydrogens is 279 g/mol. The highest BCUT2D eigenvalue weighted by Gasteiger charge is 2.23. The van der Waals surface area contributed by atoms with Crippen LogP contribution in [-0.2, 0) is 6.42 Å². The summed E-state index contributed by atoms with van der Waals surface area (Å²) in [5, 5.41) is 4.94. The van der Waals surface area contributed by atoms with Crippen LogP contribution in [0.2, 0.25) is 0 Å². The molecule has 1 aromatic carbocycles. The fourth-order valence-corrected chi connectivity index (χ4v) is 3.12. The fraction of sp³-hybridized carbons (Fsp3) is 0.467. The van der Waals surface area contributed by atoms with E-state index in [1.165, 1.54) is 47.0 Å². The maximum atomic E-state index is 5.77. The van der Waals surface area contributed by atoms with E-state index < -0.39 is 0 Å². The number of hydrogen-bond acceptors (Lipinski definition) is 1. The number of rotatable bonds is 3. The minimum atomic E-state index is 0. The van der Waals surface area contributed by atoms with Crippen molar-refractivity contribution in [1.29, 1.82) is 0 Å². The lowest BCUT2D eigenvalue weighted by atomic mass is 9.91. The molecule has 1 aliphatic rings. The molecule has 1 aromatic heterocycles. The van der Waals surface area contributed by atoms with Crippen LogP contribution in [0.1, 0.15) is 35.7 Å². The van der Waals surface area contributed by atoms with Crippen molar-refractivity contribution >= 4 is 34.9 Å². The smallest absolute Gasteiger partial charge is 0.0476 e. The van der Waals surface area contributed by atoms with E-state index in [0.717, 1.165) is 6.54 Å². The van der Waals surface area contributed by atoms with Crippen molar-refractivity contribution in [2.45, 2.75) is 32.2 Å². The summed E-state index contributed by atoms with van der Waals surface area (Å²) in [6.07, 6.45) is 3.65. The number of hydrogen-bond donors (Lipinski definition) is 2. The van der Waals surface area contributed by atoms with Gasteiger partial charge in [0.1, 0.15) is 0 Å². The Hall–Kier alpha value is -0.700. The molecule has 0 spiro atoms. The molecule has 0 radical (unpaired) electrons. The van der Waals surface area contributed by atoms with E-state index in [2.05, 4.69) is 35.4 Å². The highest BCUT2D eigenvalue weighted by atomic mass is 35.5. The predicted molar refractivity (Wildman–Crippen MR) is 84.7 cm³/mol. The van der Waals surface area contributed by atoms with Crippen molar-refractivity contribution in [3.63, 3.8) is 0 Å². The molecule has 2 nitrogen and oxygen atoms in total. The van der Waals surface area contributed by atoms with Gasteiger partial charge in [0, 0.05) is 35.1 Å². The third-order valence-corrected chi connectivity index (χ3v) is 4.04. The number of halogens is 2. The van der Waals surface area contributed by atoms with Gasteiger partial charge in [0.25, 0.3) is 0 Å². The predicted octanol–water partition coefficient (Wildman–Crippen LogP) is 4.10. The summed E-state index contributed by atoms with van der Waals surface area (Å²) in [5.74, 6) is 0.672. The molecule has 1 heterocycles. The SMILES string of the molecule is Cc1ccc2[nH]c3c(c2c1)CCCC3NCCCl.Cl. The lowest BCUT2D eigenvalue weighted by molar-refractivity contribution is 0.466. The van der Waals surface area contributed by atoms with Gasteiger partial charge in [0.15, 0.2) is 0 Å². The third kappa shape index (κ3) is 2.76. The highest BCUT2D eigenvalue weighted by molar-refractivity contribution is 6.18. The normalized spacial score (nSPS) is 18.1. The number of aromatic amines is 1. The number of alkyl halides is 1. The summed E-state index contributed by atoms with van der Waals surface area (Å²) >= 11 is 5.77. The van der Waals surface area contributed by atoms with E-state index in [4.69, 9.17) is 11.6 Å². The molecule has 2 N–H and O–H groups in total. The first kappa shape index (κ1) is 14.7. The quantitative estimate of drug-likeness (QED) is 0.820. The Morgan fingerprint density at radius 1 is 1.42 bits per heavy atom. The van der Waals surface area contributed by atoms with Crippen molar-refractivity contribution in [1.82, 2.24) is 10.3 Å². The molecular formula is C15H20Cl2N2. The van der Waals surface area contributed by atoms with Crippen molar-refractivity contribution < 1.29 is 0 Å². The Bertz CT molecular complexity index is 563. The number of H-pyrrole nitrogens is 1. The van der Waals surface area contributed by atoms with Crippen LogP contribution in [-0.4, -0.2) is 17.4 Å². The van der Waals surface area contributed by atoms with Crippen LogP contribution in [0.4, 0.5) is 0 Å². The van der Waals surface area contributed by atoms with E-state index in [-0.39, 0.29) is 12.4 Å². The highest BCUT2D eigenvalue weighted by Crippen LogP contribution is 2.34. The second-order valence-corrected chi connectivity index (χ2v) is 5.53. The van der Waals surface area contributed by atoms with Gasteiger partial charge < -0.3 is 10.3 Å². The zero-order valence-electron chi connectivity index (χ0n) is 11.1. The Kier molecular flexibility index (Phi) is 4.77. The summed E-state index contributed by atoms with van der Waals surface area (Å²) in [5.41, 5.74) is 5.49. The molecule has 1 atom stereocenters. The van der Waals surface area contributed by atoms with E-state index in [1.54, 1.807) is 0 Å². The first-order valence-electron chi connectivity index (χ1n) is 6.70. The maximum absolute atomic E-state index is 5.77. The minimum Gasteiger partial charge on any atom is -0.357 e. The monoisotopic (exact) mass is 298 g/mol. The molecule has 1 aliphatic carbocycles. The second kappa shape index (κ2) is 6.17. The van der Waals surface area contributed by atoms with Crippen LogP contribution < -0.4 is 5.32 Å². The molecule has 104 valence electrons. The van der Waals surface area contributed by atoms with Gasteiger partial charge in [-0.05, 0) is 43.9 Å². The largest absolute Gasteiger partial charge is 0.357 e. The Morgan fingerprint density at radius 3 is 3.05 bits per heavy atom. The molecule has 0 amide bonds. The first-order valence-corrected chi connectivity index (χ1v) is 7.23. The first-order chi connectivity index (χ1) is 8.79. The van der Waals surface area contributed by atoms with Gasteiger partial charge >= 0.3 is 0 Å². The van der Waals surface area contributed by atoms with Gasteiger partial charge in [0.2, 0.25) is 0 Å². The summed E-state index contributed by atoms with van der Waals surface area (Å²) in [4.78, 5) is 3.60. The fourth-order valence-electron chi connectivity index (χ4n) is 3.01. The van der Waals surface area contributed by atoms with Crippen molar-refractivity contribution in [3.8, 4) is 0 Å². The van der Waals surface area contributed by atoms with Crippen LogP contribution in [0, 0.1) is 6.92 Å². The number of aryl methyl sites for hydroxylation is 2. The zero-order valence-corrected chi connectivity index (χ0v) is 12.7. The lowest BCUT2D eigenvalue weighted by Crippen LogP contribution is -2.26. The van der Waals surface area contributed by atoms with Gasteiger partial charge in [-0.1, -0.05) is 11.6 Å². The molecule has 0 saturated carbocycles. The van der Waals surface area contributed by atoms with Gasteiger partial charge in [-0.25, -0.2) is 0 Å². The summed E-state index contributed by atoms with van der Waals surface area (Å²) in [6, 6.07) is 7.11. The average molecular weight is 299 g/mol. The summed E-state index contributed by atoms with van der Waals surface area (Å²) in [6.45, 7) is 3.03. The third-order valence-electron chi connectivity index (χ3n) is 3.85. The molecule has 0 bridgehead atoms. The molecule has 2 aromatic rings. The van der Waals surface area contributed by atoms with Crippen molar-refractivity contribution in [2.75, 3.05) is 12.4 Å². The molecule has 3 rings (SSSR count). The topological polar surface area (TPSA) is 27.8 Å². The Morgan fingerprint density at radius 2 is 2.26 bits per heavy atom. The molecule has 19 heavy (non-hydrogen) atoms. The van der Waals surface area contributed by atoms with Gasteiger partial charge in [0.05, 0.1) is 0 Å². The standard InChI is InChI=1S/C15H19ClN2.ClH/c1-10-5-6-13-12(9-10)11-3-2-4-14(15(11)18-13)17-8-7-16;/h5-6,9,14,17-18H,2-4,7-8H2,1H3;1H. The molecule has 4 heteroatoms. The molecule has 1 unspecified atom stereocenters. The molecule has 0 fully saturated rings. The zero-order chi connectivity index (χ0) is 12.5. The van der Waals surface area contributed by atoms with Crippen LogP contribution in [0.5, 0.6) is 0 Å². The van der Waals surface area contributed by atoms with Crippen LogP contribution in [0.3, 0.4) is 0 Å². The minimum absolute atomic E-state index is 0. The summed E-state index contributed by atoms with van der Waals surface area (Å²) in [7, 11) is 0. The van der Waals surface area contributed by atoms with Crippen LogP contribution >= 0.6 is 24.0 Å². The van der Waals surface area contributed by atoms with E-state index >= 15 is 0 Å². The van der Waals surface area contributed by atoms with Crippen LogP contribution in [0.15, 0.2) is 18.2 Å². The van der Waals surface area contributed by atoms with E-state index in [0.29, 0.717) is 11.9 Å². The van der Waals surface area contributed by atoms with Gasteiger partial charge in [-0.2, -0.15) is 0 Å². The van der Waals surface area contributed by atoms with Crippen molar-refractivity contribution in [2.24, 2.45) is 0 Å². The number of fused-ring (bicyclic) bond motifs is 3.